The Hall–Kier alpha value is -4.13. The third-order valence-electron chi connectivity index (χ3n) is 4.83. The van der Waals surface area contributed by atoms with Crippen LogP contribution in [0.4, 0.5) is 0 Å². The van der Waals surface area contributed by atoms with E-state index in [-0.39, 0.29) is 13.2 Å². The van der Waals surface area contributed by atoms with E-state index in [0.29, 0.717) is 27.8 Å². The first kappa shape index (κ1) is 20.2. The van der Waals surface area contributed by atoms with Crippen LogP contribution >= 0.6 is 0 Å². The molecule has 0 fully saturated rings. The van der Waals surface area contributed by atoms with E-state index < -0.39 is 17.5 Å². The second-order valence-electron chi connectivity index (χ2n) is 6.83. The average molecular weight is 417 g/mol. The minimum atomic E-state index is -0.627. The van der Waals surface area contributed by atoms with Crippen molar-refractivity contribution in [3.05, 3.63) is 88.3 Å². The Morgan fingerprint density at radius 1 is 1.00 bits per heavy atom. The van der Waals surface area contributed by atoms with Crippen LogP contribution in [0, 0.1) is 0 Å². The average Bonchev–Trinajstić information content (AvgIpc) is 2.80. The number of hydrogen-bond acceptors (Lipinski definition) is 6. The maximum Gasteiger partial charge on any atom is 0.336 e. The second-order valence-corrected chi connectivity index (χ2v) is 6.83. The highest BCUT2D eigenvalue weighted by atomic mass is 16.5. The largest absolute Gasteiger partial charge is 0.497 e. The van der Waals surface area contributed by atoms with Crippen LogP contribution in [0.15, 0.2) is 75.9 Å². The van der Waals surface area contributed by atoms with Crippen molar-refractivity contribution in [1.82, 2.24) is 5.32 Å². The molecule has 1 amide bonds. The summed E-state index contributed by atoms with van der Waals surface area (Å²) in [5, 5.41) is 5.09. The van der Waals surface area contributed by atoms with Gasteiger partial charge < -0.3 is 19.2 Å². The lowest BCUT2D eigenvalue weighted by Gasteiger charge is -2.10. The molecule has 1 heterocycles. The molecule has 7 nitrogen and oxygen atoms in total. The zero-order chi connectivity index (χ0) is 21.8. The van der Waals surface area contributed by atoms with Gasteiger partial charge in [0.2, 0.25) is 0 Å². The summed E-state index contributed by atoms with van der Waals surface area (Å²) in [6.45, 7) is -0.430. The minimum Gasteiger partial charge on any atom is -0.497 e. The highest BCUT2D eigenvalue weighted by Gasteiger charge is 2.13. The molecular weight excluding hydrogens is 398 g/mol. The lowest BCUT2D eigenvalue weighted by Crippen LogP contribution is -2.30. The number of rotatable bonds is 6. The number of ether oxygens (including phenoxy) is 2. The van der Waals surface area contributed by atoms with Gasteiger partial charge in [0.25, 0.3) is 5.91 Å². The van der Waals surface area contributed by atoms with Crippen LogP contribution in [0.1, 0.15) is 15.9 Å². The highest BCUT2D eigenvalue weighted by molar-refractivity contribution is 6.07. The van der Waals surface area contributed by atoms with E-state index in [1.807, 2.05) is 30.3 Å². The standard InChI is InChI=1S/C24H19NO6/c1-29-18-7-4-6-16(11-18)24(28)25-13-22(27)30-14-17-12-21(26)31-20-10-9-15-5-2-3-8-19(15)23(17)20/h2-12H,13-14H2,1H3,(H,25,28). The Labute approximate surface area is 177 Å². The smallest absolute Gasteiger partial charge is 0.336 e. The van der Waals surface area contributed by atoms with Crippen LogP contribution in [-0.2, 0) is 16.1 Å². The number of benzene rings is 3. The van der Waals surface area contributed by atoms with Crippen molar-refractivity contribution in [3.8, 4) is 5.75 Å². The maximum atomic E-state index is 12.2. The predicted molar refractivity (Wildman–Crippen MR) is 115 cm³/mol. The van der Waals surface area contributed by atoms with Crippen LogP contribution < -0.4 is 15.7 Å². The molecule has 156 valence electrons. The molecule has 1 N–H and O–H groups in total. The van der Waals surface area contributed by atoms with Gasteiger partial charge in [-0.15, -0.1) is 0 Å². The molecule has 0 unspecified atom stereocenters. The molecule has 31 heavy (non-hydrogen) atoms. The van der Waals surface area contributed by atoms with E-state index in [9.17, 15) is 14.4 Å². The first-order valence-corrected chi connectivity index (χ1v) is 9.57. The van der Waals surface area contributed by atoms with Gasteiger partial charge in [-0.2, -0.15) is 0 Å². The maximum absolute atomic E-state index is 12.2. The number of methoxy groups -OCH3 is 1. The van der Waals surface area contributed by atoms with E-state index in [0.717, 1.165) is 10.8 Å². The van der Waals surface area contributed by atoms with Gasteiger partial charge in [0.05, 0.1) is 7.11 Å². The number of fused-ring (bicyclic) bond motifs is 3. The van der Waals surface area contributed by atoms with Crippen molar-refractivity contribution in [1.29, 1.82) is 0 Å². The molecule has 0 aliphatic carbocycles. The molecule has 7 heteroatoms. The van der Waals surface area contributed by atoms with Gasteiger partial charge in [-0.25, -0.2) is 4.79 Å². The topological polar surface area (TPSA) is 94.8 Å². The van der Waals surface area contributed by atoms with Crippen molar-refractivity contribution < 1.29 is 23.5 Å². The molecule has 0 bridgehead atoms. The Bertz CT molecular complexity index is 1340. The van der Waals surface area contributed by atoms with Crippen molar-refractivity contribution in [2.45, 2.75) is 6.61 Å². The third kappa shape index (κ3) is 4.40. The monoisotopic (exact) mass is 417 g/mol. The van der Waals surface area contributed by atoms with Crippen LogP contribution in [0.5, 0.6) is 5.75 Å². The number of esters is 1. The summed E-state index contributed by atoms with van der Waals surface area (Å²) in [7, 11) is 1.51. The minimum absolute atomic E-state index is 0.121. The van der Waals surface area contributed by atoms with Crippen molar-refractivity contribution in [2.24, 2.45) is 0 Å². The summed E-state index contributed by atoms with van der Waals surface area (Å²) in [6, 6.07) is 19.2. The molecule has 4 aromatic rings. The van der Waals surface area contributed by atoms with E-state index in [1.165, 1.54) is 13.2 Å². The van der Waals surface area contributed by atoms with E-state index in [1.54, 1.807) is 30.3 Å². The molecule has 0 aliphatic rings. The molecule has 0 radical (unpaired) electrons. The lowest BCUT2D eigenvalue weighted by molar-refractivity contribution is -0.143. The first-order chi connectivity index (χ1) is 15.0. The molecule has 0 saturated heterocycles. The fraction of sp³-hybridized carbons (Fsp3) is 0.125. The molecule has 3 aromatic carbocycles. The molecule has 0 aliphatic heterocycles. The van der Waals surface area contributed by atoms with E-state index in [4.69, 9.17) is 13.9 Å². The number of carbonyl (C=O) groups excluding carboxylic acids is 2. The summed E-state index contributed by atoms with van der Waals surface area (Å²) in [5.41, 5.74) is 0.796. The van der Waals surface area contributed by atoms with E-state index >= 15 is 0 Å². The fourth-order valence-corrected chi connectivity index (χ4v) is 3.36. The number of carbonyl (C=O) groups is 2. The van der Waals surface area contributed by atoms with E-state index in [2.05, 4.69) is 5.32 Å². The number of hydrogen-bond donors (Lipinski definition) is 1. The van der Waals surface area contributed by atoms with Gasteiger partial charge in [0.1, 0.15) is 24.5 Å². The first-order valence-electron chi connectivity index (χ1n) is 9.57. The van der Waals surface area contributed by atoms with Gasteiger partial charge in [0, 0.05) is 22.6 Å². The summed E-state index contributed by atoms with van der Waals surface area (Å²) in [5.74, 6) is -0.511. The highest BCUT2D eigenvalue weighted by Crippen LogP contribution is 2.27. The van der Waals surface area contributed by atoms with Crippen molar-refractivity contribution in [2.75, 3.05) is 13.7 Å². The predicted octanol–water partition coefficient (Wildman–Crippen LogP) is 3.43. The third-order valence-corrected chi connectivity index (χ3v) is 4.83. The molecule has 4 rings (SSSR count). The fourth-order valence-electron chi connectivity index (χ4n) is 3.36. The Morgan fingerprint density at radius 2 is 1.84 bits per heavy atom. The van der Waals surface area contributed by atoms with Crippen molar-refractivity contribution >= 4 is 33.6 Å². The zero-order valence-corrected chi connectivity index (χ0v) is 16.7. The number of nitrogens with one attached hydrogen (secondary N) is 1. The van der Waals surface area contributed by atoms with Gasteiger partial charge in [0.15, 0.2) is 0 Å². The summed E-state index contributed by atoms with van der Waals surface area (Å²) in [6.07, 6.45) is 0. The Balaban J connectivity index is 1.47. The SMILES string of the molecule is COc1cccc(C(=O)NCC(=O)OCc2cc(=O)oc3ccc4ccccc4c23)c1. The quantitative estimate of drug-likeness (QED) is 0.293. The summed E-state index contributed by atoms with van der Waals surface area (Å²) in [4.78, 5) is 36.4. The molecule has 0 atom stereocenters. The zero-order valence-electron chi connectivity index (χ0n) is 16.7. The van der Waals surface area contributed by atoms with Crippen LogP contribution in [0.3, 0.4) is 0 Å². The molecule has 0 saturated carbocycles. The second kappa shape index (κ2) is 8.71. The normalized spacial score (nSPS) is 10.7. The van der Waals surface area contributed by atoms with Crippen LogP contribution in [0.2, 0.25) is 0 Å². The number of amides is 1. The van der Waals surface area contributed by atoms with Gasteiger partial charge in [-0.3, -0.25) is 9.59 Å². The van der Waals surface area contributed by atoms with Gasteiger partial charge in [-0.05, 0) is 35.0 Å². The Kier molecular flexibility index (Phi) is 5.66. The Morgan fingerprint density at radius 3 is 2.68 bits per heavy atom. The van der Waals surface area contributed by atoms with Gasteiger partial charge >= 0.3 is 11.6 Å². The van der Waals surface area contributed by atoms with Crippen LogP contribution in [-0.4, -0.2) is 25.5 Å². The molecule has 0 spiro atoms. The van der Waals surface area contributed by atoms with Gasteiger partial charge in [-0.1, -0.05) is 36.4 Å². The summed E-state index contributed by atoms with van der Waals surface area (Å²) < 4.78 is 15.7. The molecular formula is C24H19NO6. The van der Waals surface area contributed by atoms with Crippen molar-refractivity contribution in [3.63, 3.8) is 0 Å². The molecule has 1 aromatic heterocycles. The van der Waals surface area contributed by atoms with Crippen LogP contribution in [0.25, 0.3) is 21.7 Å². The summed E-state index contributed by atoms with van der Waals surface area (Å²) >= 11 is 0. The lowest BCUT2D eigenvalue weighted by atomic mass is 10.0.